The molecule has 18 heavy (non-hydrogen) atoms. The molecule has 0 saturated heterocycles. The van der Waals surface area contributed by atoms with Crippen molar-refractivity contribution in [1.82, 2.24) is 0 Å². The van der Waals surface area contributed by atoms with Gasteiger partial charge in [0.05, 0.1) is 0 Å². The van der Waals surface area contributed by atoms with E-state index >= 15 is 0 Å². The van der Waals surface area contributed by atoms with Gasteiger partial charge >= 0.3 is 5.97 Å². The molecule has 0 spiro atoms. The summed E-state index contributed by atoms with van der Waals surface area (Å²) in [7, 11) is 0. The first-order chi connectivity index (χ1) is 8.25. The highest BCUT2D eigenvalue weighted by Gasteiger charge is 2.58. The second-order valence-corrected chi connectivity index (χ2v) is 7.30. The van der Waals surface area contributed by atoms with Crippen molar-refractivity contribution in [2.45, 2.75) is 58.7 Å². The summed E-state index contributed by atoms with van der Waals surface area (Å²) in [6.07, 6.45) is 6.47. The van der Waals surface area contributed by atoms with Crippen LogP contribution < -0.4 is 0 Å². The Morgan fingerprint density at radius 2 is 2.06 bits per heavy atom. The third-order valence-electron chi connectivity index (χ3n) is 5.49. The van der Waals surface area contributed by atoms with E-state index in [0.29, 0.717) is 12.3 Å². The molecule has 1 heterocycles. The Morgan fingerprint density at radius 1 is 1.33 bits per heavy atom. The van der Waals surface area contributed by atoms with Crippen LogP contribution in [0, 0.1) is 16.7 Å². The second kappa shape index (κ2) is 3.38. The summed E-state index contributed by atoms with van der Waals surface area (Å²) in [6, 6.07) is 0. The maximum Gasteiger partial charge on any atom is 0.333 e. The number of ether oxygens (including phenoxy) is 1. The number of carbonyl (C=O) groups is 1. The zero-order valence-corrected chi connectivity index (χ0v) is 11.5. The SMILES string of the molecule is CC1(C)CCC[C@]2(C)CC3=CC(=O)O[C@@]3(O)C[C@@H]12. The van der Waals surface area contributed by atoms with Gasteiger partial charge in [-0.1, -0.05) is 27.2 Å². The molecule has 0 amide bonds. The number of aliphatic hydroxyl groups is 1. The van der Waals surface area contributed by atoms with E-state index in [1.807, 2.05) is 0 Å². The Bertz CT molecular complexity index is 437. The zero-order valence-electron chi connectivity index (χ0n) is 11.5. The van der Waals surface area contributed by atoms with Crippen LogP contribution in [0.4, 0.5) is 0 Å². The molecule has 0 aromatic heterocycles. The predicted molar refractivity (Wildman–Crippen MR) is 67.6 cm³/mol. The average Bonchev–Trinajstić information content (AvgIpc) is 2.49. The lowest BCUT2D eigenvalue weighted by molar-refractivity contribution is -0.211. The fraction of sp³-hybridized carbons (Fsp3) is 0.800. The average molecular weight is 250 g/mol. The molecule has 1 aliphatic heterocycles. The number of rotatable bonds is 0. The summed E-state index contributed by atoms with van der Waals surface area (Å²) >= 11 is 0. The van der Waals surface area contributed by atoms with E-state index in [1.165, 1.54) is 25.3 Å². The van der Waals surface area contributed by atoms with Crippen LogP contribution in [0.3, 0.4) is 0 Å². The molecule has 3 nitrogen and oxygen atoms in total. The van der Waals surface area contributed by atoms with Crippen LogP contribution in [-0.4, -0.2) is 16.9 Å². The molecule has 0 aromatic rings. The minimum Gasteiger partial charge on any atom is -0.426 e. The van der Waals surface area contributed by atoms with E-state index in [0.717, 1.165) is 12.0 Å². The molecule has 0 aromatic carbocycles. The first kappa shape index (κ1) is 12.2. The van der Waals surface area contributed by atoms with E-state index in [1.54, 1.807) is 0 Å². The van der Waals surface area contributed by atoms with Crippen LogP contribution in [0.5, 0.6) is 0 Å². The molecule has 0 radical (unpaired) electrons. The zero-order chi connectivity index (χ0) is 13.2. The monoisotopic (exact) mass is 250 g/mol. The Kier molecular flexibility index (Phi) is 2.30. The highest BCUT2D eigenvalue weighted by atomic mass is 16.7. The van der Waals surface area contributed by atoms with Gasteiger partial charge < -0.3 is 9.84 Å². The van der Waals surface area contributed by atoms with Gasteiger partial charge in [0, 0.05) is 18.1 Å². The van der Waals surface area contributed by atoms with Gasteiger partial charge in [-0.3, -0.25) is 0 Å². The molecule has 2 fully saturated rings. The molecule has 3 rings (SSSR count). The molecular formula is C15H22O3. The van der Waals surface area contributed by atoms with Gasteiger partial charge in [-0.05, 0) is 36.0 Å². The van der Waals surface area contributed by atoms with Crippen LogP contribution >= 0.6 is 0 Å². The minimum atomic E-state index is -1.31. The largest absolute Gasteiger partial charge is 0.426 e. The van der Waals surface area contributed by atoms with Crippen LogP contribution in [-0.2, 0) is 9.53 Å². The number of hydrogen-bond acceptors (Lipinski definition) is 3. The van der Waals surface area contributed by atoms with Crippen molar-refractivity contribution in [1.29, 1.82) is 0 Å². The van der Waals surface area contributed by atoms with Crippen molar-refractivity contribution in [3.63, 3.8) is 0 Å². The van der Waals surface area contributed by atoms with E-state index in [-0.39, 0.29) is 16.8 Å². The third kappa shape index (κ3) is 1.56. The van der Waals surface area contributed by atoms with Crippen molar-refractivity contribution in [3.05, 3.63) is 11.6 Å². The fourth-order valence-electron chi connectivity index (χ4n) is 4.56. The van der Waals surface area contributed by atoms with E-state index in [2.05, 4.69) is 20.8 Å². The Balaban J connectivity index is 2.00. The molecular weight excluding hydrogens is 228 g/mol. The Hall–Kier alpha value is -0.830. The number of fused-ring (bicyclic) bond motifs is 2. The van der Waals surface area contributed by atoms with Crippen molar-refractivity contribution < 1.29 is 14.6 Å². The molecule has 100 valence electrons. The Labute approximate surface area is 108 Å². The van der Waals surface area contributed by atoms with Crippen molar-refractivity contribution in [3.8, 4) is 0 Å². The lowest BCUT2D eigenvalue weighted by Crippen LogP contribution is -2.52. The topological polar surface area (TPSA) is 46.5 Å². The summed E-state index contributed by atoms with van der Waals surface area (Å²) in [6.45, 7) is 6.87. The Morgan fingerprint density at radius 3 is 2.78 bits per heavy atom. The smallest absolute Gasteiger partial charge is 0.333 e. The van der Waals surface area contributed by atoms with E-state index in [9.17, 15) is 9.90 Å². The normalized spacial score (nSPS) is 45.9. The van der Waals surface area contributed by atoms with Crippen LogP contribution in [0.1, 0.15) is 52.9 Å². The molecule has 3 heteroatoms. The summed E-state index contributed by atoms with van der Waals surface area (Å²) in [5.74, 6) is -1.28. The summed E-state index contributed by atoms with van der Waals surface area (Å²) in [5.41, 5.74) is 1.21. The maximum absolute atomic E-state index is 11.4. The van der Waals surface area contributed by atoms with Gasteiger partial charge in [-0.2, -0.15) is 0 Å². The number of carbonyl (C=O) groups excluding carboxylic acids is 1. The van der Waals surface area contributed by atoms with Crippen molar-refractivity contribution in [2.75, 3.05) is 0 Å². The number of hydrogen-bond donors (Lipinski definition) is 1. The molecule has 1 N–H and O–H groups in total. The minimum absolute atomic E-state index is 0.202. The molecule has 3 atom stereocenters. The molecule has 0 bridgehead atoms. The standard InChI is InChI=1S/C15H22O3/c1-13(2)5-4-6-14(3)8-10-7-12(16)18-15(10,17)9-11(13)14/h7,11,17H,4-6,8-9H2,1-3H3/t11-,14+,15-/m0/s1. The van der Waals surface area contributed by atoms with Crippen molar-refractivity contribution >= 4 is 5.97 Å². The molecule has 2 aliphatic carbocycles. The maximum atomic E-state index is 11.4. The van der Waals surface area contributed by atoms with Gasteiger partial charge in [0.15, 0.2) is 0 Å². The highest BCUT2D eigenvalue weighted by Crippen LogP contribution is 2.61. The second-order valence-electron chi connectivity index (χ2n) is 7.30. The summed E-state index contributed by atoms with van der Waals surface area (Å²) < 4.78 is 5.16. The number of esters is 1. The first-order valence-corrected chi connectivity index (χ1v) is 6.92. The van der Waals surface area contributed by atoms with Gasteiger partial charge in [-0.25, -0.2) is 4.79 Å². The van der Waals surface area contributed by atoms with Gasteiger partial charge in [0.2, 0.25) is 5.79 Å². The van der Waals surface area contributed by atoms with Crippen molar-refractivity contribution in [2.24, 2.45) is 16.7 Å². The predicted octanol–water partition coefficient (Wildman–Crippen LogP) is 2.78. The molecule has 0 unspecified atom stereocenters. The molecule has 3 aliphatic rings. The van der Waals surface area contributed by atoms with Crippen LogP contribution in [0.15, 0.2) is 11.6 Å². The highest BCUT2D eigenvalue weighted by molar-refractivity contribution is 5.86. The van der Waals surface area contributed by atoms with E-state index in [4.69, 9.17) is 4.74 Å². The van der Waals surface area contributed by atoms with Gasteiger partial charge in [-0.15, -0.1) is 0 Å². The summed E-state index contributed by atoms with van der Waals surface area (Å²) in [5, 5.41) is 10.6. The van der Waals surface area contributed by atoms with Gasteiger partial charge in [0.1, 0.15) is 0 Å². The lowest BCUT2D eigenvalue weighted by atomic mass is 9.50. The first-order valence-electron chi connectivity index (χ1n) is 6.92. The lowest BCUT2D eigenvalue weighted by Gasteiger charge is -2.56. The van der Waals surface area contributed by atoms with Crippen LogP contribution in [0.2, 0.25) is 0 Å². The quantitative estimate of drug-likeness (QED) is 0.672. The third-order valence-corrected chi connectivity index (χ3v) is 5.49. The molecule has 2 saturated carbocycles. The van der Waals surface area contributed by atoms with Gasteiger partial charge in [0.25, 0.3) is 0 Å². The summed E-state index contributed by atoms with van der Waals surface area (Å²) in [4.78, 5) is 11.4. The van der Waals surface area contributed by atoms with Crippen LogP contribution in [0.25, 0.3) is 0 Å². The fourth-order valence-corrected chi connectivity index (χ4v) is 4.56. The van der Waals surface area contributed by atoms with E-state index < -0.39 is 5.79 Å².